The van der Waals surface area contributed by atoms with E-state index in [2.05, 4.69) is 26.1 Å². The van der Waals surface area contributed by atoms with Gasteiger partial charge in [-0.25, -0.2) is 4.79 Å². The fourth-order valence-electron chi connectivity index (χ4n) is 2.89. The van der Waals surface area contributed by atoms with Gasteiger partial charge in [0.25, 0.3) is 0 Å². The lowest BCUT2D eigenvalue weighted by atomic mass is 9.74. The molecular weight excluding hydrogens is 214 g/mol. The van der Waals surface area contributed by atoms with Gasteiger partial charge in [0.05, 0.1) is 0 Å². The standard InChI is InChI=1S/C14H25NO2/c1-9(2)12-7-4-10(3)8-13(12)15-14(16)17-11-5-6-11/h9-13H,4-8H2,1-3H3,(H,15,16). The second kappa shape index (κ2) is 5.28. The van der Waals surface area contributed by atoms with Crippen LogP contribution in [0.2, 0.25) is 0 Å². The smallest absolute Gasteiger partial charge is 0.407 e. The lowest BCUT2D eigenvalue weighted by Crippen LogP contribution is -2.45. The van der Waals surface area contributed by atoms with Crippen LogP contribution < -0.4 is 5.32 Å². The number of hydrogen-bond acceptors (Lipinski definition) is 2. The van der Waals surface area contributed by atoms with Crippen molar-refractivity contribution >= 4 is 6.09 Å². The molecule has 0 aromatic rings. The van der Waals surface area contributed by atoms with E-state index in [0.717, 1.165) is 25.2 Å². The predicted molar refractivity (Wildman–Crippen MR) is 67.8 cm³/mol. The minimum Gasteiger partial charge on any atom is -0.446 e. The number of rotatable bonds is 3. The fourth-order valence-corrected chi connectivity index (χ4v) is 2.89. The highest BCUT2D eigenvalue weighted by atomic mass is 16.6. The molecular formula is C14H25NO2. The Morgan fingerprint density at radius 1 is 1.24 bits per heavy atom. The molecule has 0 aromatic carbocycles. The molecule has 98 valence electrons. The quantitative estimate of drug-likeness (QED) is 0.820. The molecule has 2 fully saturated rings. The lowest BCUT2D eigenvalue weighted by Gasteiger charge is -2.37. The Bertz CT molecular complexity index is 273. The summed E-state index contributed by atoms with van der Waals surface area (Å²) >= 11 is 0. The van der Waals surface area contributed by atoms with E-state index in [1.807, 2.05) is 0 Å². The molecule has 2 rings (SSSR count). The third-order valence-corrected chi connectivity index (χ3v) is 4.12. The van der Waals surface area contributed by atoms with Crippen LogP contribution in [0.3, 0.4) is 0 Å². The van der Waals surface area contributed by atoms with Gasteiger partial charge in [-0.05, 0) is 43.4 Å². The molecule has 3 unspecified atom stereocenters. The Labute approximate surface area is 104 Å². The lowest BCUT2D eigenvalue weighted by molar-refractivity contribution is 0.113. The van der Waals surface area contributed by atoms with Gasteiger partial charge in [0.2, 0.25) is 0 Å². The van der Waals surface area contributed by atoms with E-state index in [0.29, 0.717) is 17.9 Å². The molecule has 17 heavy (non-hydrogen) atoms. The molecule has 1 amide bonds. The van der Waals surface area contributed by atoms with Crippen molar-refractivity contribution in [2.24, 2.45) is 17.8 Å². The molecule has 0 bridgehead atoms. The molecule has 2 saturated carbocycles. The molecule has 3 heteroatoms. The Kier molecular flexibility index (Phi) is 3.95. The SMILES string of the molecule is CC1CCC(C(C)C)C(NC(=O)OC2CC2)C1. The maximum absolute atomic E-state index is 11.7. The number of nitrogens with one attached hydrogen (secondary N) is 1. The van der Waals surface area contributed by atoms with E-state index in [1.54, 1.807) is 0 Å². The van der Waals surface area contributed by atoms with Gasteiger partial charge in [-0.3, -0.25) is 0 Å². The summed E-state index contributed by atoms with van der Waals surface area (Å²) in [7, 11) is 0. The van der Waals surface area contributed by atoms with Crippen LogP contribution in [0.15, 0.2) is 0 Å². The molecule has 2 aliphatic rings. The minimum absolute atomic E-state index is 0.197. The van der Waals surface area contributed by atoms with Crippen molar-refractivity contribution in [3.8, 4) is 0 Å². The minimum atomic E-state index is -0.197. The molecule has 0 aliphatic heterocycles. The third kappa shape index (κ3) is 3.62. The number of carbonyl (C=O) groups excluding carboxylic acids is 1. The van der Waals surface area contributed by atoms with Crippen LogP contribution in [0.1, 0.15) is 52.9 Å². The van der Waals surface area contributed by atoms with E-state index in [1.165, 1.54) is 12.8 Å². The first-order valence-corrected chi connectivity index (χ1v) is 7.03. The summed E-state index contributed by atoms with van der Waals surface area (Å²) in [6.45, 7) is 6.78. The van der Waals surface area contributed by atoms with Gasteiger partial charge in [0.15, 0.2) is 0 Å². The number of amides is 1. The highest BCUT2D eigenvalue weighted by Gasteiger charge is 2.33. The van der Waals surface area contributed by atoms with E-state index < -0.39 is 0 Å². The second-order valence-corrected chi connectivity index (χ2v) is 6.18. The van der Waals surface area contributed by atoms with E-state index in [9.17, 15) is 4.79 Å². The number of carbonyl (C=O) groups is 1. The summed E-state index contributed by atoms with van der Waals surface area (Å²) in [5, 5.41) is 3.09. The molecule has 3 nitrogen and oxygen atoms in total. The van der Waals surface area contributed by atoms with Gasteiger partial charge < -0.3 is 10.1 Å². The fraction of sp³-hybridized carbons (Fsp3) is 0.929. The monoisotopic (exact) mass is 239 g/mol. The van der Waals surface area contributed by atoms with E-state index >= 15 is 0 Å². The summed E-state index contributed by atoms with van der Waals surface area (Å²) in [6.07, 6.45) is 5.71. The number of hydrogen-bond donors (Lipinski definition) is 1. The Morgan fingerprint density at radius 2 is 1.94 bits per heavy atom. The Morgan fingerprint density at radius 3 is 2.53 bits per heavy atom. The van der Waals surface area contributed by atoms with Crippen molar-refractivity contribution in [1.82, 2.24) is 5.32 Å². The summed E-state index contributed by atoms with van der Waals surface area (Å²) in [5.74, 6) is 1.96. The van der Waals surface area contributed by atoms with Gasteiger partial charge in [-0.2, -0.15) is 0 Å². The first-order chi connectivity index (χ1) is 8.06. The molecule has 2 aliphatic carbocycles. The highest BCUT2D eigenvalue weighted by Crippen LogP contribution is 2.33. The van der Waals surface area contributed by atoms with Crippen molar-refractivity contribution in [2.75, 3.05) is 0 Å². The van der Waals surface area contributed by atoms with Crippen molar-refractivity contribution < 1.29 is 9.53 Å². The third-order valence-electron chi connectivity index (χ3n) is 4.12. The second-order valence-electron chi connectivity index (χ2n) is 6.18. The van der Waals surface area contributed by atoms with Crippen molar-refractivity contribution in [3.05, 3.63) is 0 Å². The van der Waals surface area contributed by atoms with E-state index in [-0.39, 0.29) is 12.2 Å². The first-order valence-electron chi connectivity index (χ1n) is 7.03. The summed E-state index contributed by atoms with van der Waals surface area (Å²) < 4.78 is 5.28. The topological polar surface area (TPSA) is 38.3 Å². The Hall–Kier alpha value is -0.730. The average Bonchev–Trinajstić information content (AvgIpc) is 3.00. The van der Waals surface area contributed by atoms with Gasteiger partial charge in [0, 0.05) is 6.04 Å². The predicted octanol–water partition coefficient (Wildman–Crippen LogP) is 3.34. The molecule has 0 aromatic heterocycles. The van der Waals surface area contributed by atoms with E-state index in [4.69, 9.17) is 4.74 Å². The Balaban J connectivity index is 1.87. The normalized spacial score (nSPS) is 33.5. The van der Waals surface area contributed by atoms with Crippen molar-refractivity contribution in [3.63, 3.8) is 0 Å². The molecule has 0 heterocycles. The van der Waals surface area contributed by atoms with Gasteiger partial charge in [-0.15, -0.1) is 0 Å². The maximum Gasteiger partial charge on any atom is 0.407 e. The zero-order chi connectivity index (χ0) is 12.4. The van der Waals surface area contributed by atoms with Gasteiger partial charge >= 0.3 is 6.09 Å². The zero-order valence-electron chi connectivity index (χ0n) is 11.2. The number of alkyl carbamates (subject to hydrolysis) is 1. The summed E-state index contributed by atoms with van der Waals surface area (Å²) in [6, 6.07) is 0.310. The van der Waals surface area contributed by atoms with Gasteiger partial charge in [0.1, 0.15) is 6.10 Å². The summed E-state index contributed by atoms with van der Waals surface area (Å²) in [5.41, 5.74) is 0. The first kappa shape index (κ1) is 12.7. The van der Waals surface area contributed by atoms with Gasteiger partial charge in [-0.1, -0.05) is 27.2 Å². The molecule has 0 radical (unpaired) electrons. The van der Waals surface area contributed by atoms with Crippen LogP contribution in [0.5, 0.6) is 0 Å². The maximum atomic E-state index is 11.7. The van der Waals surface area contributed by atoms with Crippen LogP contribution in [0.4, 0.5) is 4.79 Å². The van der Waals surface area contributed by atoms with Crippen LogP contribution in [-0.4, -0.2) is 18.2 Å². The molecule has 0 saturated heterocycles. The van der Waals surface area contributed by atoms with Crippen LogP contribution in [0, 0.1) is 17.8 Å². The van der Waals surface area contributed by atoms with Crippen molar-refractivity contribution in [2.45, 2.75) is 65.0 Å². The largest absolute Gasteiger partial charge is 0.446 e. The van der Waals surface area contributed by atoms with Crippen molar-refractivity contribution in [1.29, 1.82) is 0 Å². The van der Waals surface area contributed by atoms with Crippen LogP contribution >= 0.6 is 0 Å². The average molecular weight is 239 g/mol. The van der Waals surface area contributed by atoms with Crippen LogP contribution in [0.25, 0.3) is 0 Å². The zero-order valence-corrected chi connectivity index (χ0v) is 11.2. The summed E-state index contributed by atoms with van der Waals surface area (Å²) in [4.78, 5) is 11.7. The van der Waals surface area contributed by atoms with Crippen LogP contribution in [-0.2, 0) is 4.74 Å². The highest BCUT2D eigenvalue weighted by molar-refractivity contribution is 5.68. The number of ether oxygens (including phenoxy) is 1. The molecule has 3 atom stereocenters. The molecule has 0 spiro atoms. The molecule has 1 N–H and O–H groups in total.